The van der Waals surface area contributed by atoms with Gasteiger partial charge in [-0.05, 0) is 0 Å². The number of H-pyrrole nitrogens is 1. The lowest BCUT2D eigenvalue weighted by Crippen LogP contribution is -2.29. The molecule has 0 saturated heterocycles. The van der Waals surface area contributed by atoms with E-state index in [9.17, 15) is 0 Å². The lowest BCUT2D eigenvalue weighted by molar-refractivity contribution is 0.198. The number of nitrogens with zero attached hydrogens (tertiary/aromatic N) is 3. The molecule has 0 aliphatic heterocycles. The van der Waals surface area contributed by atoms with E-state index in [1.807, 2.05) is 13.8 Å². The summed E-state index contributed by atoms with van der Waals surface area (Å²) in [4.78, 5) is 8.40. The second kappa shape index (κ2) is 4.87. The molecule has 2 heterocycles. The predicted molar refractivity (Wildman–Crippen MR) is 66.3 cm³/mol. The first-order valence-corrected chi connectivity index (χ1v) is 5.73. The zero-order valence-electron chi connectivity index (χ0n) is 10.5. The van der Waals surface area contributed by atoms with Crippen LogP contribution >= 0.6 is 0 Å². The molecule has 18 heavy (non-hydrogen) atoms. The lowest BCUT2D eigenvalue weighted by Gasteiger charge is -2.22. The summed E-state index contributed by atoms with van der Waals surface area (Å²) in [7, 11) is 0. The first-order chi connectivity index (χ1) is 8.60. The number of aliphatic hydroxyl groups is 1. The molecule has 4 N–H and O–H groups in total. The highest BCUT2D eigenvalue weighted by Gasteiger charge is 2.26. The standard InChI is InChI=1S/C11H17N5O2/c1-11(2,5-12)8-7-9(14-6-13-8)15-16-10(7)18-4-3-17/h6,17H,3-5,12H2,1-2H3,(H,13,14,15,16). The molecular weight excluding hydrogens is 234 g/mol. The topological polar surface area (TPSA) is 110 Å². The number of aromatic amines is 1. The fraction of sp³-hybridized carbons (Fsp3) is 0.545. The maximum Gasteiger partial charge on any atom is 0.244 e. The Balaban J connectivity index is 2.55. The third-order valence-corrected chi connectivity index (χ3v) is 2.81. The Hall–Kier alpha value is -1.73. The molecule has 0 unspecified atom stereocenters. The molecule has 2 rings (SSSR count). The summed E-state index contributed by atoms with van der Waals surface area (Å²) in [5.41, 5.74) is 6.87. The SMILES string of the molecule is CC(C)(CN)c1ncnc2[nH]nc(OCCO)c12. The summed E-state index contributed by atoms with van der Waals surface area (Å²) in [5, 5.41) is 16.3. The number of fused-ring (bicyclic) bond motifs is 1. The molecule has 0 spiro atoms. The molecule has 0 bridgehead atoms. The smallest absolute Gasteiger partial charge is 0.244 e. The minimum atomic E-state index is -0.303. The lowest BCUT2D eigenvalue weighted by atomic mass is 9.87. The van der Waals surface area contributed by atoms with E-state index < -0.39 is 0 Å². The predicted octanol–water partition coefficient (Wildman–Crippen LogP) is -0.0397. The molecule has 0 radical (unpaired) electrons. The van der Waals surface area contributed by atoms with E-state index in [1.54, 1.807) is 0 Å². The molecule has 98 valence electrons. The number of aliphatic hydroxyl groups excluding tert-OH is 1. The zero-order valence-corrected chi connectivity index (χ0v) is 10.5. The van der Waals surface area contributed by atoms with Crippen LogP contribution in [0.15, 0.2) is 6.33 Å². The summed E-state index contributed by atoms with van der Waals surface area (Å²) >= 11 is 0. The molecule has 0 aromatic carbocycles. The molecule has 0 atom stereocenters. The van der Waals surface area contributed by atoms with Crippen LogP contribution in [-0.4, -0.2) is 45.0 Å². The van der Waals surface area contributed by atoms with Gasteiger partial charge in [0.15, 0.2) is 5.65 Å². The Morgan fingerprint density at radius 1 is 1.44 bits per heavy atom. The van der Waals surface area contributed by atoms with Gasteiger partial charge in [0.25, 0.3) is 0 Å². The van der Waals surface area contributed by atoms with Gasteiger partial charge < -0.3 is 15.6 Å². The molecule has 0 aliphatic carbocycles. The highest BCUT2D eigenvalue weighted by molar-refractivity contribution is 5.83. The molecule has 0 saturated carbocycles. The van der Waals surface area contributed by atoms with Gasteiger partial charge in [0.05, 0.1) is 12.3 Å². The number of hydrogen-bond donors (Lipinski definition) is 3. The van der Waals surface area contributed by atoms with Crippen LogP contribution in [0.4, 0.5) is 0 Å². The van der Waals surface area contributed by atoms with E-state index in [2.05, 4.69) is 20.2 Å². The van der Waals surface area contributed by atoms with Crippen LogP contribution in [0.25, 0.3) is 11.0 Å². The van der Waals surface area contributed by atoms with Gasteiger partial charge in [0.1, 0.15) is 18.3 Å². The Labute approximate surface area is 104 Å². The van der Waals surface area contributed by atoms with Gasteiger partial charge in [-0.2, -0.15) is 0 Å². The van der Waals surface area contributed by atoms with Crippen LogP contribution in [0.5, 0.6) is 5.88 Å². The van der Waals surface area contributed by atoms with E-state index in [0.29, 0.717) is 18.1 Å². The van der Waals surface area contributed by atoms with Gasteiger partial charge in [-0.1, -0.05) is 13.8 Å². The van der Waals surface area contributed by atoms with Crippen LogP contribution in [0.1, 0.15) is 19.5 Å². The fourth-order valence-corrected chi connectivity index (χ4v) is 1.69. The van der Waals surface area contributed by atoms with Gasteiger partial charge >= 0.3 is 0 Å². The molecule has 0 aliphatic rings. The van der Waals surface area contributed by atoms with Gasteiger partial charge in [0, 0.05) is 12.0 Å². The number of nitrogens with one attached hydrogen (secondary N) is 1. The van der Waals surface area contributed by atoms with E-state index in [1.165, 1.54) is 6.33 Å². The van der Waals surface area contributed by atoms with Crippen molar-refractivity contribution >= 4 is 11.0 Å². The molecule has 2 aromatic rings. The zero-order chi connectivity index (χ0) is 13.2. The van der Waals surface area contributed by atoms with Gasteiger partial charge in [-0.25, -0.2) is 9.97 Å². The van der Waals surface area contributed by atoms with E-state index in [4.69, 9.17) is 15.6 Å². The average Bonchev–Trinajstić information content (AvgIpc) is 2.79. The second-order valence-corrected chi connectivity index (χ2v) is 4.63. The third kappa shape index (κ3) is 2.14. The Kier molecular flexibility index (Phi) is 3.44. The van der Waals surface area contributed by atoms with E-state index in [0.717, 1.165) is 11.1 Å². The van der Waals surface area contributed by atoms with Crippen LogP contribution in [0, 0.1) is 0 Å². The number of rotatable bonds is 5. The van der Waals surface area contributed by atoms with E-state index in [-0.39, 0.29) is 18.6 Å². The van der Waals surface area contributed by atoms with Crippen molar-refractivity contribution < 1.29 is 9.84 Å². The highest BCUT2D eigenvalue weighted by atomic mass is 16.5. The third-order valence-electron chi connectivity index (χ3n) is 2.81. The normalized spacial score (nSPS) is 12.0. The first kappa shape index (κ1) is 12.7. The quantitative estimate of drug-likeness (QED) is 0.687. The minimum Gasteiger partial charge on any atom is -0.474 e. The summed E-state index contributed by atoms with van der Waals surface area (Å²) in [5.74, 6) is 0.399. The van der Waals surface area contributed by atoms with Crippen molar-refractivity contribution in [2.24, 2.45) is 5.73 Å². The Bertz CT molecular complexity index is 537. The van der Waals surface area contributed by atoms with Gasteiger partial charge in [-0.3, -0.25) is 5.10 Å². The summed E-state index contributed by atoms with van der Waals surface area (Å²) < 4.78 is 5.38. The number of ether oxygens (including phenoxy) is 1. The van der Waals surface area contributed by atoms with Crippen molar-refractivity contribution in [3.05, 3.63) is 12.0 Å². The monoisotopic (exact) mass is 251 g/mol. The van der Waals surface area contributed by atoms with E-state index >= 15 is 0 Å². The first-order valence-electron chi connectivity index (χ1n) is 5.73. The Morgan fingerprint density at radius 2 is 2.22 bits per heavy atom. The van der Waals surface area contributed by atoms with Crippen LogP contribution in [0.2, 0.25) is 0 Å². The van der Waals surface area contributed by atoms with Gasteiger partial charge in [0.2, 0.25) is 5.88 Å². The molecular formula is C11H17N5O2. The largest absolute Gasteiger partial charge is 0.474 e. The number of hydrogen-bond acceptors (Lipinski definition) is 6. The van der Waals surface area contributed by atoms with Crippen molar-refractivity contribution in [2.75, 3.05) is 19.8 Å². The summed E-state index contributed by atoms with van der Waals surface area (Å²) in [6.45, 7) is 4.55. The van der Waals surface area contributed by atoms with Crippen molar-refractivity contribution in [1.82, 2.24) is 20.2 Å². The molecule has 2 aromatic heterocycles. The van der Waals surface area contributed by atoms with Crippen molar-refractivity contribution in [3.8, 4) is 5.88 Å². The van der Waals surface area contributed by atoms with Crippen molar-refractivity contribution in [2.45, 2.75) is 19.3 Å². The summed E-state index contributed by atoms with van der Waals surface area (Å²) in [6, 6.07) is 0. The molecule has 0 amide bonds. The minimum absolute atomic E-state index is 0.0718. The summed E-state index contributed by atoms with van der Waals surface area (Å²) in [6.07, 6.45) is 1.48. The number of nitrogens with two attached hydrogens (primary N) is 1. The maximum absolute atomic E-state index is 8.80. The highest BCUT2D eigenvalue weighted by Crippen LogP contribution is 2.31. The molecule has 0 fully saturated rings. The Morgan fingerprint density at radius 3 is 2.89 bits per heavy atom. The fourth-order valence-electron chi connectivity index (χ4n) is 1.69. The van der Waals surface area contributed by atoms with Crippen molar-refractivity contribution in [1.29, 1.82) is 0 Å². The van der Waals surface area contributed by atoms with Gasteiger partial charge in [-0.15, -0.1) is 5.10 Å². The number of aromatic nitrogens is 4. The van der Waals surface area contributed by atoms with Crippen molar-refractivity contribution in [3.63, 3.8) is 0 Å². The second-order valence-electron chi connectivity index (χ2n) is 4.63. The average molecular weight is 251 g/mol. The molecule has 7 nitrogen and oxygen atoms in total. The molecule has 7 heteroatoms. The maximum atomic E-state index is 8.80. The van der Waals surface area contributed by atoms with Crippen LogP contribution in [-0.2, 0) is 5.41 Å². The van der Waals surface area contributed by atoms with Crippen LogP contribution < -0.4 is 10.5 Å². The van der Waals surface area contributed by atoms with Crippen LogP contribution in [0.3, 0.4) is 0 Å².